The van der Waals surface area contributed by atoms with E-state index in [1.807, 2.05) is 46.0 Å². The van der Waals surface area contributed by atoms with Crippen LogP contribution in [-0.4, -0.2) is 25.7 Å². The van der Waals surface area contributed by atoms with Gasteiger partial charge in [-0.3, -0.25) is 4.79 Å². The van der Waals surface area contributed by atoms with Gasteiger partial charge in [-0.25, -0.2) is 0 Å². The molecule has 0 spiro atoms. The molecular formula is C19H23NO3S. The highest BCUT2D eigenvalue weighted by atomic mass is 32.1. The number of ether oxygens (including phenoxy) is 2. The van der Waals surface area contributed by atoms with Crippen molar-refractivity contribution in [1.29, 1.82) is 0 Å². The van der Waals surface area contributed by atoms with Gasteiger partial charge in [-0.1, -0.05) is 19.3 Å². The summed E-state index contributed by atoms with van der Waals surface area (Å²) in [5.41, 5.74) is 0.996. The molecule has 128 valence electrons. The first-order valence-corrected chi connectivity index (χ1v) is 9.33. The average Bonchev–Trinajstić information content (AvgIpc) is 3.15. The summed E-state index contributed by atoms with van der Waals surface area (Å²) in [6, 6.07) is 9.61. The summed E-state index contributed by atoms with van der Waals surface area (Å²) in [5.74, 6) is 1.48. The Morgan fingerprint density at radius 2 is 1.83 bits per heavy atom. The number of amides is 1. The van der Waals surface area contributed by atoms with Crippen LogP contribution >= 0.6 is 11.3 Å². The van der Waals surface area contributed by atoms with Crippen LogP contribution in [0, 0.1) is 0 Å². The number of methoxy groups -OCH3 is 1. The summed E-state index contributed by atoms with van der Waals surface area (Å²) in [4.78, 5) is 14.8. The average molecular weight is 345 g/mol. The SMILES string of the molecule is COc1ccc(OCC(=O)N(c2ccsc2)C2CCCCC2)cc1. The molecule has 1 fully saturated rings. The fourth-order valence-electron chi connectivity index (χ4n) is 3.18. The van der Waals surface area contributed by atoms with Crippen LogP contribution in [0.25, 0.3) is 0 Å². The Hall–Kier alpha value is -2.01. The van der Waals surface area contributed by atoms with Gasteiger partial charge in [0.05, 0.1) is 12.8 Å². The molecule has 1 saturated carbocycles. The van der Waals surface area contributed by atoms with Crippen LogP contribution in [0.2, 0.25) is 0 Å². The summed E-state index contributed by atoms with van der Waals surface area (Å²) in [6.07, 6.45) is 5.80. The predicted octanol–water partition coefficient (Wildman–Crippen LogP) is 4.50. The van der Waals surface area contributed by atoms with Gasteiger partial charge in [0.15, 0.2) is 6.61 Å². The van der Waals surface area contributed by atoms with Gasteiger partial charge in [-0.15, -0.1) is 0 Å². The second-order valence-corrected chi connectivity index (χ2v) is 6.78. The number of nitrogens with zero attached hydrogens (tertiary/aromatic N) is 1. The maximum absolute atomic E-state index is 12.8. The summed E-state index contributed by atoms with van der Waals surface area (Å²) in [7, 11) is 1.63. The van der Waals surface area contributed by atoms with E-state index in [1.54, 1.807) is 18.4 Å². The largest absolute Gasteiger partial charge is 0.497 e. The predicted molar refractivity (Wildman–Crippen MR) is 97.2 cm³/mol. The van der Waals surface area contributed by atoms with Crippen LogP contribution in [0.15, 0.2) is 41.1 Å². The maximum atomic E-state index is 12.8. The molecule has 0 unspecified atom stereocenters. The molecule has 0 radical (unpaired) electrons. The van der Waals surface area contributed by atoms with Gasteiger partial charge in [0, 0.05) is 11.4 Å². The molecule has 24 heavy (non-hydrogen) atoms. The minimum absolute atomic E-state index is 0.0242. The highest BCUT2D eigenvalue weighted by molar-refractivity contribution is 7.08. The number of hydrogen-bond acceptors (Lipinski definition) is 4. The molecule has 3 rings (SSSR count). The van der Waals surface area contributed by atoms with E-state index in [1.165, 1.54) is 19.3 Å². The zero-order chi connectivity index (χ0) is 16.8. The zero-order valence-corrected chi connectivity index (χ0v) is 14.8. The standard InChI is InChI=1S/C19H23NO3S/c1-22-17-7-9-18(10-8-17)23-13-19(21)20(16-11-12-24-14-16)15-5-3-2-4-6-15/h7-12,14-15H,2-6,13H2,1H3. The highest BCUT2D eigenvalue weighted by Gasteiger charge is 2.27. The third-order valence-corrected chi connectivity index (χ3v) is 5.09. The lowest BCUT2D eigenvalue weighted by Gasteiger charge is -2.33. The molecule has 0 atom stereocenters. The summed E-state index contributed by atoms with van der Waals surface area (Å²) < 4.78 is 10.8. The molecule has 1 aromatic carbocycles. The topological polar surface area (TPSA) is 38.8 Å². The molecule has 0 saturated heterocycles. The van der Waals surface area contributed by atoms with Crippen molar-refractivity contribution in [2.45, 2.75) is 38.1 Å². The van der Waals surface area contributed by atoms with E-state index in [0.717, 1.165) is 24.3 Å². The first-order chi connectivity index (χ1) is 11.8. The van der Waals surface area contributed by atoms with Gasteiger partial charge in [0.25, 0.3) is 5.91 Å². The molecule has 5 heteroatoms. The Balaban J connectivity index is 1.66. The van der Waals surface area contributed by atoms with E-state index in [2.05, 4.69) is 0 Å². The molecule has 0 bridgehead atoms. The smallest absolute Gasteiger partial charge is 0.265 e. The minimum atomic E-state index is 0.0242. The summed E-state index contributed by atoms with van der Waals surface area (Å²) in [6.45, 7) is 0.0542. The molecule has 1 aliphatic carbocycles. The van der Waals surface area contributed by atoms with Gasteiger partial charge in [0.2, 0.25) is 0 Å². The summed E-state index contributed by atoms with van der Waals surface area (Å²) >= 11 is 1.62. The first-order valence-electron chi connectivity index (χ1n) is 8.39. The second kappa shape index (κ2) is 8.20. The third-order valence-electron chi connectivity index (χ3n) is 4.41. The lowest BCUT2D eigenvalue weighted by molar-refractivity contribution is -0.121. The van der Waals surface area contributed by atoms with E-state index in [9.17, 15) is 4.79 Å². The van der Waals surface area contributed by atoms with Crippen molar-refractivity contribution in [1.82, 2.24) is 0 Å². The monoisotopic (exact) mass is 345 g/mol. The van der Waals surface area contributed by atoms with Gasteiger partial charge in [-0.05, 0) is 48.6 Å². The van der Waals surface area contributed by atoms with Crippen molar-refractivity contribution < 1.29 is 14.3 Å². The number of anilines is 1. The van der Waals surface area contributed by atoms with E-state index >= 15 is 0 Å². The van der Waals surface area contributed by atoms with E-state index in [-0.39, 0.29) is 12.5 Å². The van der Waals surface area contributed by atoms with Crippen LogP contribution in [-0.2, 0) is 4.79 Å². The van der Waals surface area contributed by atoms with Crippen molar-refractivity contribution in [3.8, 4) is 11.5 Å². The lowest BCUT2D eigenvalue weighted by atomic mass is 9.94. The van der Waals surface area contributed by atoms with Gasteiger partial charge in [0.1, 0.15) is 11.5 Å². The molecule has 0 aliphatic heterocycles. The van der Waals surface area contributed by atoms with Crippen LogP contribution in [0.4, 0.5) is 5.69 Å². The van der Waals surface area contributed by atoms with Gasteiger partial charge < -0.3 is 14.4 Å². The molecular weight excluding hydrogens is 322 g/mol. The van der Waals surface area contributed by atoms with Crippen molar-refractivity contribution in [3.05, 3.63) is 41.1 Å². The molecule has 0 N–H and O–H groups in total. The number of thiophene rings is 1. The fourth-order valence-corrected chi connectivity index (χ4v) is 3.81. The molecule has 1 aliphatic rings. The van der Waals surface area contributed by atoms with E-state index in [4.69, 9.17) is 9.47 Å². The second-order valence-electron chi connectivity index (χ2n) is 6.00. The van der Waals surface area contributed by atoms with Crippen molar-refractivity contribution in [2.75, 3.05) is 18.6 Å². The van der Waals surface area contributed by atoms with Crippen molar-refractivity contribution >= 4 is 22.9 Å². The minimum Gasteiger partial charge on any atom is -0.497 e. The Kier molecular flexibility index (Phi) is 5.75. The van der Waals surface area contributed by atoms with Crippen LogP contribution < -0.4 is 14.4 Å². The number of hydrogen-bond donors (Lipinski definition) is 0. The molecule has 2 aromatic rings. The highest BCUT2D eigenvalue weighted by Crippen LogP contribution is 2.29. The number of carbonyl (C=O) groups is 1. The van der Waals surface area contributed by atoms with Gasteiger partial charge >= 0.3 is 0 Å². The molecule has 1 heterocycles. The molecule has 1 aromatic heterocycles. The van der Waals surface area contributed by atoms with Crippen LogP contribution in [0.5, 0.6) is 11.5 Å². The van der Waals surface area contributed by atoms with E-state index < -0.39 is 0 Å². The number of rotatable bonds is 6. The van der Waals surface area contributed by atoms with Gasteiger partial charge in [-0.2, -0.15) is 11.3 Å². The Morgan fingerprint density at radius 3 is 2.46 bits per heavy atom. The first kappa shape index (κ1) is 16.8. The lowest BCUT2D eigenvalue weighted by Crippen LogP contribution is -2.43. The third kappa shape index (κ3) is 4.09. The van der Waals surface area contributed by atoms with Crippen LogP contribution in [0.1, 0.15) is 32.1 Å². The normalized spacial score (nSPS) is 15.0. The van der Waals surface area contributed by atoms with Crippen molar-refractivity contribution in [3.63, 3.8) is 0 Å². The summed E-state index contributed by atoms with van der Waals surface area (Å²) in [5, 5.41) is 4.06. The maximum Gasteiger partial charge on any atom is 0.265 e. The Bertz CT molecular complexity index is 633. The Labute approximate surface area is 147 Å². The van der Waals surface area contributed by atoms with Crippen molar-refractivity contribution in [2.24, 2.45) is 0 Å². The molecule has 1 amide bonds. The number of benzene rings is 1. The van der Waals surface area contributed by atoms with Crippen LogP contribution in [0.3, 0.4) is 0 Å². The molecule has 4 nitrogen and oxygen atoms in total. The Morgan fingerprint density at radius 1 is 1.12 bits per heavy atom. The quantitative estimate of drug-likeness (QED) is 0.774. The van der Waals surface area contributed by atoms with E-state index in [0.29, 0.717) is 11.8 Å². The number of carbonyl (C=O) groups excluding carboxylic acids is 1. The zero-order valence-electron chi connectivity index (χ0n) is 13.9. The fraction of sp³-hybridized carbons (Fsp3) is 0.421.